The number of carbonyl (C=O) groups excluding carboxylic acids is 3. The van der Waals surface area contributed by atoms with Crippen LogP contribution in [0, 0.1) is 13.8 Å². The van der Waals surface area contributed by atoms with Crippen molar-refractivity contribution in [2.45, 2.75) is 26.9 Å². The average Bonchev–Trinajstić information content (AvgIpc) is 3.16. The van der Waals surface area contributed by atoms with Crippen LogP contribution < -0.4 is 0 Å². The Bertz CT molecular complexity index is 1250. The number of aryl methyl sites for hydroxylation is 1. The molecule has 2 aromatic carbocycles. The number of fused-ring (bicyclic) bond motifs is 1. The molecule has 0 saturated heterocycles. The lowest BCUT2D eigenvalue weighted by Gasteiger charge is -2.33. The first kappa shape index (κ1) is 24.6. The molecule has 1 aliphatic rings. The minimum Gasteiger partial charge on any atom is -0.375 e. The predicted octanol–water partition coefficient (Wildman–Crippen LogP) is 4.76. The van der Waals surface area contributed by atoms with Crippen molar-refractivity contribution in [1.29, 1.82) is 0 Å². The molecule has 1 amide bonds. The van der Waals surface area contributed by atoms with E-state index in [4.69, 9.17) is 4.74 Å². The first-order chi connectivity index (χ1) is 16.8. The topological polar surface area (TPSA) is 66.9 Å². The van der Waals surface area contributed by atoms with Crippen molar-refractivity contribution in [2.24, 2.45) is 0 Å². The first-order valence-electron chi connectivity index (χ1n) is 11.4. The number of Topliss-reactive ketones (excluding diaryl/α,β-unsaturated/α-hetero) is 2. The van der Waals surface area contributed by atoms with Crippen LogP contribution in [0.4, 0.5) is 0 Å². The van der Waals surface area contributed by atoms with Gasteiger partial charge in [-0.3, -0.25) is 14.4 Å². The quantitative estimate of drug-likeness (QED) is 0.457. The summed E-state index contributed by atoms with van der Waals surface area (Å²) in [5, 5.41) is 0. The van der Waals surface area contributed by atoms with Crippen LogP contribution in [0.25, 0.3) is 0 Å². The maximum atomic E-state index is 14.0. The molecule has 0 unspecified atom stereocenters. The lowest BCUT2D eigenvalue weighted by atomic mass is 9.92. The van der Waals surface area contributed by atoms with Crippen LogP contribution in [-0.4, -0.2) is 48.0 Å². The van der Waals surface area contributed by atoms with Gasteiger partial charge in [0.15, 0.2) is 0 Å². The van der Waals surface area contributed by atoms with Crippen LogP contribution in [-0.2, 0) is 22.6 Å². The summed E-state index contributed by atoms with van der Waals surface area (Å²) in [7, 11) is 2.96. The normalized spacial score (nSPS) is 13.1. The number of carbonyl (C=O) groups is 3. The number of amides is 1. The molecule has 1 heterocycles. The van der Waals surface area contributed by atoms with E-state index in [1.165, 1.54) is 30.4 Å². The number of benzene rings is 2. The summed E-state index contributed by atoms with van der Waals surface area (Å²) in [6.07, 6.45) is 0. The number of hydrogen-bond acceptors (Lipinski definition) is 6. The minimum atomic E-state index is -0.395. The van der Waals surface area contributed by atoms with Crippen LogP contribution in [0.15, 0.2) is 72.1 Å². The Morgan fingerprint density at radius 1 is 0.857 bits per heavy atom. The van der Waals surface area contributed by atoms with Gasteiger partial charge in [-0.25, -0.2) is 0 Å². The molecular formula is C28H28N2O4S. The number of allylic oxidation sites excluding steroid dienone is 2. The van der Waals surface area contributed by atoms with Crippen LogP contribution in [0.1, 0.15) is 41.6 Å². The fourth-order valence-corrected chi connectivity index (χ4v) is 5.37. The van der Waals surface area contributed by atoms with Crippen molar-refractivity contribution in [1.82, 2.24) is 9.80 Å². The Kier molecular flexibility index (Phi) is 7.28. The molecule has 0 atom stereocenters. The van der Waals surface area contributed by atoms with E-state index < -0.39 is 5.91 Å². The number of methoxy groups -OCH3 is 1. The van der Waals surface area contributed by atoms with Gasteiger partial charge < -0.3 is 14.5 Å². The Morgan fingerprint density at radius 3 is 1.91 bits per heavy atom. The monoisotopic (exact) mass is 488 g/mol. The molecular weight excluding hydrogens is 460 g/mol. The standard InChI is InChI=1S/C28H28N2O4S/c1-18-19(2)35-28-23(18)26(32)24(29(3)22(31)17-34-4)25(27(28)33)30(15-20-11-7-5-8-12-20)16-21-13-9-6-10-14-21/h5-14H,15-17H2,1-4H3. The van der Waals surface area contributed by atoms with E-state index in [0.29, 0.717) is 23.5 Å². The smallest absolute Gasteiger partial charge is 0.252 e. The molecule has 3 aromatic rings. The van der Waals surface area contributed by atoms with Crippen molar-refractivity contribution >= 4 is 28.8 Å². The van der Waals surface area contributed by atoms with Crippen LogP contribution in [0.5, 0.6) is 0 Å². The van der Waals surface area contributed by atoms with E-state index in [1.807, 2.05) is 79.4 Å². The van der Waals surface area contributed by atoms with Crippen LogP contribution >= 0.6 is 11.3 Å². The average molecular weight is 489 g/mol. The van der Waals surface area contributed by atoms with E-state index in [9.17, 15) is 14.4 Å². The predicted molar refractivity (Wildman–Crippen MR) is 136 cm³/mol. The highest BCUT2D eigenvalue weighted by Gasteiger charge is 2.41. The third-order valence-corrected chi connectivity index (χ3v) is 7.41. The van der Waals surface area contributed by atoms with Crippen molar-refractivity contribution in [2.75, 3.05) is 20.8 Å². The summed E-state index contributed by atoms with van der Waals surface area (Å²) in [5.74, 6) is -0.942. The highest BCUT2D eigenvalue weighted by Crippen LogP contribution is 2.38. The fourth-order valence-electron chi connectivity index (χ4n) is 4.27. The summed E-state index contributed by atoms with van der Waals surface area (Å²) in [5.41, 5.74) is 3.50. The second kappa shape index (κ2) is 10.4. The Labute approximate surface area is 209 Å². The third-order valence-electron chi connectivity index (χ3n) is 6.20. The molecule has 0 bridgehead atoms. The van der Waals surface area contributed by atoms with Crippen molar-refractivity contribution in [3.8, 4) is 0 Å². The Morgan fingerprint density at radius 2 is 1.40 bits per heavy atom. The molecule has 35 heavy (non-hydrogen) atoms. The molecule has 1 aromatic heterocycles. The highest BCUT2D eigenvalue weighted by molar-refractivity contribution is 7.15. The fraction of sp³-hybridized carbons (Fsp3) is 0.250. The number of ketones is 2. The number of hydrogen-bond donors (Lipinski definition) is 0. The van der Waals surface area contributed by atoms with Crippen molar-refractivity contribution < 1.29 is 19.1 Å². The molecule has 0 N–H and O–H groups in total. The summed E-state index contributed by atoms with van der Waals surface area (Å²) in [4.78, 5) is 45.3. The molecule has 6 nitrogen and oxygen atoms in total. The van der Waals surface area contributed by atoms with Gasteiger partial charge in [0.25, 0.3) is 5.91 Å². The summed E-state index contributed by atoms with van der Waals surface area (Å²) in [6.45, 7) is 4.36. The molecule has 0 spiro atoms. The molecule has 0 fully saturated rings. The maximum absolute atomic E-state index is 14.0. The van der Waals surface area contributed by atoms with Crippen LogP contribution in [0.3, 0.4) is 0 Å². The number of thiophene rings is 1. The zero-order valence-electron chi connectivity index (χ0n) is 20.3. The van der Waals surface area contributed by atoms with E-state index in [1.54, 1.807) is 0 Å². The number of rotatable bonds is 8. The van der Waals surface area contributed by atoms with E-state index >= 15 is 0 Å². The lowest BCUT2D eigenvalue weighted by molar-refractivity contribution is -0.131. The summed E-state index contributed by atoms with van der Waals surface area (Å²) in [6, 6.07) is 19.6. The molecule has 180 valence electrons. The van der Waals surface area contributed by atoms with E-state index in [-0.39, 0.29) is 29.6 Å². The van der Waals surface area contributed by atoms with Gasteiger partial charge >= 0.3 is 0 Å². The lowest BCUT2D eigenvalue weighted by Crippen LogP contribution is -2.41. The van der Waals surface area contributed by atoms with Crippen molar-refractivity contribution in [3.63, 3.8) is 0 Å². The largest absolute Gasteiger partial charge is 0.375 e. The molecule has 7 heteroatoms. The first-order valence-corrected chi connectivity index (χ1v) is 12.2. The molecule has 0 aliphatic heterocycles. The zero-order chi connectivity index (χ0) is 25.1. The molecule has 1 aliphatic carbocycles. The number of ether oxygens (including phenoxy) is 1. The highest BCUT2D eigenvalue weighted by atomic mass is 32.1. The van der Waals surface area contributed by atoms with Gasteiger partial charge in [0.2, 0.25) is 11.6 Å². The maximum Gasteiger partial charge on any atom is 0.252 e. The summed E-state index contributed by atoms with van der Waals surface area (Å²) < 4.78 is 5.04. The minimum absolute atomic E-state index is 0.0947. The molecule has 4 rings (SSSR count). The third kappa shape index (κ3) is 4.83. The van der Waals surface area contributed by atoms with Gasteiger partial charge in [-0.2, -0.15) is 0 Å². The molecule has 0 saturated carbocycles. The van der Waals surface area contributed by atoms with E-state index in [2.05, 4.69) is 0 Å². The van der Waals surface area contributed by atoms with Gasteiger partial charge in [-0.15, -0.1) is 11.3 Å². The zero-order valence-corrected chi connectivity index (χ0v) is 21.1. The Balaban J connectivity index is 1.91. The van der Waals surface area contributed by atoms with Gasteiger partial charge in [-0.1, -0.05) is 60.7 Å². The summed E-state index contributed by atoms with van der Waals surface area (Å²) >= 11 is 1.34. The Hall–Kier alpha value is -3.55. The van der Waals surface area contributed by atoms with Crippen LogP contribution in [0.2, 0.25) is 0 Å². The number of nitrogens with zero attached hydrogens (tertiary/aromatic N) is 2. The SMILES string of the molecule is COCC(=O)N(C)C1=C(N(Cc2ccccc2)Cc2ccccc2)C(=O)c2sc(C)c(C)c2C1=O. The van der Waals surface area contributed by atoms with Gasteiger partial charge in [-0.05, 0) is 30.5 Å². The van der Waals surface area contributed by atoms with Gasteiger partial charge in [0.1, 0.15) is 18.0 Å². The second-order valence-electron chi connectivity index (χ2n) is 8.56. The molecule has 0 radical (unpaired) electrons. The van der Waals surface area contributed by atoms with Gasteiger partial charge in [0, 0.05) is 37.7 Å². The number of likely N-dealkylation sites (N-methyl/N-ethyl adjacent to an activating group) is 1. The van der Waals surface area contributed by atoms with E-state index in [0.717, 1.165) is 21.6 Å². The second-order valence-corrected chi connectivity index (χ2v) is 9.78. The van der Waals surface area contributed by atoms with Crippen molar-refractivity contribution in [3.05, 3.63) is 104 Å². The van der Waals surface area contributed by atoms with Gasteiger partial charge in [0.05, 0.1) is 4.88 Å².